The molecule has 210 valence electrons. The van der Waals surface area contributed by atoms with Gasteiger partial charge < -0.3 is 20.1 Å². The number of likely N-dealkylation sites (tertiary alicyclic amines) is 1. The van der Waals surface area contributed by atoms with Crippen LogP contribution in [0.5, 0.6) is 0 Å². The van der Waals surface area contributed by atoms with Crippen molar-refractivity contribution in [3.05, 3.63) is 42.1 Å². The molecule has 1 aromatic heterocycles. The number of hydrogen-bond donors (Lipinski definition) is 2. The summed E-state index contributed by atoms with van der Waals surface area (Å²) >= 11 is 0. The fourth-order valence-corrected chi connectivity index (χ4v) is 7.04. The predicted molar refractivity (Wildman–Crippen MR) is 154 cm³/mol. The van der Waals surface area contributed by atoms with E-state index in [1.165, 1.54) is 32.1 Å². The lowest BCUT2D eigenvalue weighted by Gasteiger charge is -2.43. The van der Waals surface area contributed by atoms with Crippen LogP contribution in [-0.2, 0) is 15.1 Å². The van der Waals surface area contributed by atoms with E-state index in [-0.39, 0.29) is 11.8 Å². The summed E-state index contributed by atoms with van der Waals surface area (Å²) in [6, 6.07) is 10.1. The Kier molecular flexibility index (Phi) is 11.0. The Bertz CT molecular complexity index is 1000. The maximum atomic E-state index is 13.6. The van der Waals surface area contributed by atoms with Gasteiger partial charge in [0.1, 0.15) is 0 Å². The van der Waals surface area contributed by atoms with Gasteiger partial charge in [-0.05, 0) is 70.0 Å². The lowest BCUT2D eigenvalue weighted by atomic mass is 9.73. The van der Waals surface area contributed by atoms with Gasteiger partial charge in [-0.25, -0.2) is 0 Å². The highest BCUT2D eigenvalue weighted by atomic mass is 16.5. The van der Waals surface area contributed by atoms with Crippen molar-refractivity contribution >= 4 is 16.8 Å². The Labute approximate surface area is 229 Å². The highest BCUT2D eigenvalue weighted by Crippen LogP contribution is 2.42. The summed E-state index contributed by atoms with van der Waals surface area (Å²) in [4.78, 5) is 20.4. The summed E-state index contributed by atoms with van der Waals surface area (Å²) in [5.74, 6) is 1.38. The number of aliphatic hydroxyl groups is 1. The largest absolute Gasteiger partial charge is 0.385 e. The van der Waals surface area contributed by atoms with Crippen LogP contribution < -0.4 is 5.32 Å². The second-order valence-corrected chi connectivity index (χ2v) is 11.8. The van der Waals surface area contributed by atoms with E-state index in [9.17, 15) is 9.90 Å². The molecule has 0 radical (unpaired) electrons. The number of piperidine rings is 1. The van der Waals surface area contributed by atoms with E-state index in [1.54, 1.807) is 7.11 Å². The van der Waals surface area contributed by atoms with Crippen molar-refractivity contribution in [3.8, 4) is 0 Å². The fraction of sp³-hybridized carbons (Fsp3) is 0.688. The quantitative estimate of drug-likeness (QED) is 0.331. The zero-order valence-corrected chi connectivity index (χ0v) is 23.7. The molecule has 3 atom stereocenters. The van der Waals surface area contributed by atoms with Crippen LogP contribution in [0.4, 0.5) is 0 Å². The van der Waals surface area contributed by atoms with Crippen LogP contribution in [0.25, 0.3) is 10.9 Å². The van der Waals surface area contributed by atoms with Gasteiger partial charge in [0.15, 0.2) is 0 Å². The number of methoxy groups -OCH3 is 1. The molecule has 1 aliphatic carbocycles. The summed E-state index contributed by atoms with van der Waals surface area (Å²) in [6.07, 6.45) is 14.5. The Morgan fingerprint density at radius 1 is 1.16 bits per heavy atom. The SMILES string of the molecule is CNC[C@@H](CC(=O)N1CCC[C@@H]([C@@](O)(CCCCOC)c2cccc3cccnc23)C1)CC1CCCCC1. The van der Waals surface area contributed by atoms with Crippen molar-refractivity contribution in [1.29, 1.82) is 0 Å². The maximum absolute atomic E-state index is 13.6. The molecule has 2 aliphatic rings. The van der Waals surface area contributed by atoms with E-state index in [1.807, 2.05) is 31.4 Å². The second kappa shape index (κ2) is 14.4. The Balaban J connectivity index is 1.50. The molecule has 6 nitrogen and oxygen atoms in total. The number of rotatable bonds is 13. The number of ether oxygens (including phenoxy) is 1. The van der Waals surface area contributed by atoms with E-state index in [2.05, 4.69) is 27.3 Å². The van der Waals surface area contributed by atoms with Gasteiger partial charge in [-0.1, -0.05) is 56.4 Å². The van der Waals surface area contributed by atoms with Crippen molar-refractivity contribution in [3.63, 3.8) is 0 Å². The van der Waals surface area contributed by atoms with Crippen molar-refractivity contribution < 1.29 is 14.6 Å². The lowest BCUT2D eigenvalue weighted by Crippen LogP contribution is -2.48. The number of carbonyl (C=O) groups excluding carboxylic acids is 1. The first-order valence-electron chi connectivity index (χ1n) is 15.0. The van der Waals surface area contributed by atoms with E-state index >= 15 is 0 Å². The van der Waals surface area contributed by atoms with Gasteiger partial charge in [-0.15, -0.1) is 0 Å². The number of para-hydroxylation sites is 1. The lowest BCUT2D eigenvalue weighted by molar-refractivity contribution is -0.137. The van der Waals surface area contributed by atoms with Gasteiger partial charge in [0.25, 0.3) is 0 Å². The third-order valence-corrected chi connectivity index (χ3v) is 9.05. The molecule has 0 bridgehead atoms. The summed E-state index contributed by atoms with van der Waals surface area (Å²) in [5, 5.41) is 16.8. The summed E-state index contributed by atoms with van der Waals surface area (Å²) in [6.45, 7) is 2.98. The normalized spacial score (nSPS) is 21.3. The van der Waals surface area contributed by atoms with Crippen LogP contribution in [0, 0.1) is 17.8 Å². The molecule has 1 aromatic carbocycles. The van der Waals surface area contributed by atoms with Crippen LogP contribution in [-0.4, -0.2) is 61.3 Å². The molecule has 1 aliphatic heterocycles. The topological polar surface area (TPSA) is 74.7 Å². The summed E-state index contributed by atoms with van der Waals surface area (Å²) < 4.78 is 5.29. The number of nitrogens with zero attached hydrogens (tertiary/aromatic N) is 2. The molecule has 38 heavy (non-hydrogen) atoms. The molecule has 1 amide bonds. The number of carbonyl (C=O) groups is 1. The van der Waals surface area contributed by atoms with Crippen LogP contribution >= 0.6 is 0 Å². The Morgan fingerprint density at radius 3 is 2.76 bits per heavy atom. The average Bonchev–Trinajstić information content (AvgIpc) is 2.95. The standard InChI is InChI=1S/C32H49N3O3/c1-33-23-26(21-25-11-4-3-5-12-25)22-30(36)35-19-10-15-28(24-35)32(37,17-6-7-20-38-2)29-16-8-13-27-14-9-18-34-31(27)29/h8-9,13-14,16,18,25-26,28,33,37H,3-7,10-12,15,17,19-24H2,1-2H3/t26-,28-,32+/m1/s1. The molecule has 2 aromatic rings. The zero-order chi connectivity index (χ0) is 26.8. The first-order chi connectivity index (χ1) is 18.5. The van der Waals surface area contributed by atoms with Gasteiger partial charge in [0.2, 0.25) is 5.91 Å². The molecule has 2 fully saturated rings. The van der Waals surface area contributed by atoms with E-state index < -0.39 is 5.60 Å². The first-order valence-corrected chi connectivity index (χ1v) is 15.0. The van der Waals surface area contributed by atoms with Crippen LogP contribution in [0.15, 0.2) is 36.5 Å². The highest BCUT2D eigenvalue weighted by Gasteiger charge is 2.42. The molecule has 2 N–H and O–H groups in total. The third kappa shape index (κ3) is 7.34. The summed E-state index contributed by atoms with van der Waals surface area (Å²) in [7, 11) is 3.72. The average molecular weight is 524 g/mol. The van der Waals surface area contributed by atoms with Gasteiger partial charge in [-0.2, -0.15) is 0 Å². The Hall–Kier alpha value is -2.02. The second-order valence-electron chi connectivity index (χ2n) is 11.8. The van der Waals surface area contributed by atoms with Gasteiger partial charge in [0.05, 0.1) is 11.1 Å². The van der Waals surface area contributed by atoms with Gasteiger partial charge >= 0.3 is 0 Å². The number of amides is 1. The number of unbranched alkanes of at least 4 members (excludes halogenated alkanes) is 1. The minimum Gasteiger partial charge on any atom is -0.385 e. The molecular weight excluding hydrogens is 474 g/mol. The molecule has 1 saturated heterocycles. The number of hydrogen-bond acceptors (Lipinski definition) is 5. The van der Waals surface area contributed by atoms with E-state index in [0.717, 1.165) is 67.6 Å². The van der Waals surface area contributed by atoms with Crippen molar-refractivity contribution in [2.75, 3.05) is 40.4 Å². The molecule has 6 heteroatoms. The number of benzene rings is 1. The maximum Gasteiger partial charge on any atom is 0.222 e. The van der Waals surface area contributed by atoms with Gasteiger partial charge in [-0.3, -0.25) is 9.78 Å². The molecule has 0 spiro atoms. The van der Waals surface area contributed by atoms with Crippen molar-refractivity contribution in [2.45, 2.75) is 82.7 Å². The molecule has 0 unspecified atom stereocenters. The van der Waals surface area contributed by atoms with Crippen LogP contribution in [0.1, 0.15) is 82.6 Å². The molecule has 1 saturated carbocycles. The molecular formula is C32H49N3O3. The smallest absolute Gasteiger partial charge is 0.222 e. The fourth-order valence-electron chi connectivity index (χ4n) is 7.04. The molecule has 4 rings (SSSR count). The van der Waals surface area contributed by atoms with E-state index in [4.69, 9.17) is 4.74 Å². The molecule has 2 heterocycles. The van der Waals surface area contributed by atoms with Crippen LogP contribution in [0.2, 0.25) is 0 Å². The monoisotopic (exact) mass is 523 g/mol. The first kappa shape index (κ1) is 29.0. The predicted octanol–water partition coefficient (Wildman–Crippen LogP) is 5.67. The number of pyridine rings is 1. The summed E-state index contributed by atoms with van der Waals surface area (Å²) in [5.41, 5.74) is 0.736. The highest BCUT2D eigenvalue weighted by molar-refractivity contribution is 5.82. The van der Waals surface area contributed by atoms with E-state index in [0.29, 0.717) is 31.9 Å². The third-order valence-electron chi connectivity index (χ3n) is 9.05. The van der Waals surface area contributed by atoms with Crippen molar-refractivity contribution in [2.24, 2.45) is 17.8 Å². The number of fused-ring (bicyclic) bond motifs is 1. The number of aromatic nitrogens is 1. The van der Waals surface area contributed by atoms with Gasteiger partial charge in [0, 0.05) is 56.3 Å². The van der Waals surface area contributed by atoms with Crippen LogP contribution in [0.3, 0.4) is 0 Å². The Morgan fingerprint density at radius 2 is 1.97 bits per heavy atom. The number of nitrogens with one attached hydrogen (secondary N) is 1. The zero-order valence-electron chi connectivity index (χ0n) is 23.7. The van der Waals surface area contributed by atoms with Crippen molar-refractivity contribution in [1.82, 2.24) is 15.2 Å². The minimum atomic E-state index is -1.03. The minimum absolute atomic E-state index is 0.0172.